The van der Waals surface area contributed by atoms with Crippen LogP contribution in [0.4, 0.5) is 0 Å². The summed E-state index contributed by atoms with van der Waals surface area (Å²) in [7, 11) is -0.521. The minimum absolute atomic E-state index is 0.0250. The van der Waals surface area contributed by atoms with Crippen molar-refractivity contribution in [2.24, 2.45) is 5.92 Å². The maximum atomic E-state index is 11.6. The summed E-state index contributed by atoms with van der Waals surface area (Å²) in [6, 6.07) is -0.802. The van der Waals surface area contributed by atoms with Crippen molar-refractivity contribution in [2.75, 3.05) is 7.05 Å². The lowest BCUT2D eigenvalue weighted by atomic mass is 9.93. The highest BCUT2D eigenvalue weighted by Gasteiger charge is 2.43. The van der Waals surface area contributed by atoms with Crippen molar-refractivity contribution in [2.45, 2.75) is 77.2 Å². The maximum Gasteiger partial charge on any atom is 0.323 e. The van der Waals surface area contributed by atoms with Crippen LogP contribution in [-0.2, 0) is 14.0 Å². The summed E-state index contributed by atoms with van der Waals surface area (Å²) in [5, 5.41) is 21.1. The SMILES string of the molecule is CN[C@H](C(=O)O)[C@H](O[Si](C)(C)C(C)(C)C)[C@H](C)CCCC(=O)O. The second-order valence-electron chi connectivity index (χ2n) is 7.71. The summed E-state index contributed by atoms with van der Waals surface area (Å²) in [5.41, 5.74) is 0. The molecule has 136 valence electrons. The van der Waals surface area contributed by atoms with E-state index < -0.39 is 32.4 Å². The van der Waals surface area contributed by atoms with Crippen LogP contribution in [0.5, 0.6) is 0 Å². The van der Waals surface area contributed by atoms with Crippen molar-refractivity contribution in [3.8, 4) is 0 Å². The highest BCUT2D eigenvalue weighted by atomic mass is 28.4. The molecule has 0 bridgehead atoms. The van der Waals surface area contributed by atoms with E-state index in [2.05, 4.69) is 39.2 Å². The van der Waals surface area contributed by atoms with E-state index in [4.69, 9.17) is 9.53 Å². The average molecular weight is 348 g/mol. The third kappa shape index (κ3) is 7.01. The Morgan fingerprint density at radius 1 is 1.22 bits per heavy atom. The van der Waals surface area contributed by atoms with Gasteiger partial charge in [0.15, 0.2) is 8.32 Å². The third-order valence-electron chi connectivity index (χ3n) is 4.75. The van der Waals surface area contributed by atoms with E-state index in [0.29, 0.717) is 12.8 Å². The van der Waals surface area contributed by atoms with Crippen LogP contribution in [0.3, 0.4) is 0 Å². The van der Waals surface area contributed by atoms with Gasteiger partial charge in [0.2, 0.25) is 0 Å². The molecular formula is C16H33NO5Si. The zero-order chi connectivity index (χ0) is 18.4. The Morgan fingerprint density at radius 3 is 2.09 bits per heavy atom. The molecule has 3 atom stereocenters. The van der Waals surface area contributed by atoms with Gasteiger partial charge in [-0.05, 0) is 43.9 Å². The largest absolute Gasteiger partial charge is 0.481 e. The summed E-state index contributed by atoms with van der Waals surface area (Å²) in [5.74, 6) is -1.82. The number of nitrogens with one attached hydrogen (secondary N) is 1. The predicted octanol–water partition coefficient (Wildman–Crippen LogP) is 2.94. The molecule has 0 amide bonds. The lowest BCUT2D eigenvalue weighted by Gasteiger charge is -2.42. The highest BCUT2D eigenvalue weighted by molar-refractivity contribution is 6.74. The predicted molar refractivity (Wildman–Crippen MR) is 93.2 cm³/mol. The molecule has 0 saturated carbocycles. The Hall–Kier alpha value is -0.923. The van der Waals surface area contributed by atoms with Crippen molar-refractivity contribution in [3.05, 3.63) is 0 Å². The van der Waals surface area contributed by atoms with Gasteiger partial charge in [-0.25, -0.2) is 0 Å². The van der Waals surface area contributed by atoms with E-state index in [-0.39, 0.29) is 17.4 Å². The third-order valence-corrected chi connectivity index (χ3v) is 9.23. The van der Waals surface area contributed by atoms with Crippen LogP contribution in [-0.4, -0.2) is 49.7 Å². The van der Waals surface area contributed by atoms with Crippen molar-refractivity contribution in [3.63, 3.8) is 0 Å². The minimum atomic E-state index is -2.14. The fraction of sp³-hybridized carbons (Fsp3) is 0.875. The summed E-state index contributed by atoms with van der Waals surface area (Å²) < 4.78 is 6.38. The number of likely N-dealkylation sites (N-methyl/N-ethyl adjacent to an activating group) is 1. The quantitative estimate of drug-likeness (QED) is 0.526. The van der Waals surface area contributed by atoms with Gasteiger partial charge in [-0.15, -0.1) is 0 Å². The van der Waals surface area contributed by atoms with Crippen molar-refractivity contribution in [1.29, 1.82) is 0 Å². The van der Waals surface area contributed by atoms with Gasteiger partial charge in [0.1, 0.15) is 6.04 Å². The van der Waals surface area contributed by atoms with Crippen LogP contribution in [0.1, 0.15) is 47.0 Å². The Balaban J connectivity index is 5.23. The number of carbonyl (C=O) groups is 2. The summed E-state index contributed by atoms with van der Waals surface area (Å²) in [6.07, 6.45) is 0.752. The second-order valence-corrected chi connectivity index (χ2v) is 12.5. The Labute approximate surface area is 140 Å². The topological polar surface area (TPSA) is 95.9 Å². The Bertz CT molecular complexity index is 406. The molecule has 0 spiro atoms. The van der Waals surface area contributed by atoms with Gasteiger partial charge in [-0.2, -0.15) is 0 Å². The number of rotatable bonds is 10. The van der Waals surface area contributed by atoms with Crippen molar-refractivity contribution < 1.29 is 24.2 Å². The number of hydrogen-bond donors (Lipinski definition) is 3. The highest BCUT2D eigenvalue weighted by Crippen LogP contribution is 2.39. The fourth-order valence-corrected chi connectivity index (χ4v) is 3.60. The number of aliphatic carboxylic acids is 2. The monoisotopic (exact) mass is 347 g/mol. The molecule has 0 unspecified atom stereocenters. The first-order valence-electron chi connectivity index (χ1n) is 8.13. The van der Waals surface area contributed by atoms with Crippen molar-refractivity contribution >= 4 is 20.3 Å². The van der Waals surface area contributed by atoms with Gasteiger partial charge in [0.25, 0.3) is 0 Å². The van der Waals surface area contributed by atoms with Crippen LogP contribution < -0.4 is 5.32 Å². The van der Waals surface area contributed by atoms with Crippen LogP contribution in [0.2, 0.25) is 18.1 Å². The number of hydrogen-bond acceptors (Lipinski definition) is 4. The molecule has 0 aromatic rings. The van der Waals surface area contributed by atoms with Gasteiger partial charge >= 0.3 is 11.9 Å². The second kappa shape index (κ2) is 8.80. The zero-order valence-corrected chi connectivity index (χ0v) is 16.5. The molecule has 0 aliphatic carbocycles. The fourth-order valence-electron chi connectivity index (χ4n) is 2.20. The molecule has 0 aliphatic heterocycles. The first-order valence-corrected chi connectivity index (χ1v) is 11.0. The molecule has 0 radical (unpaired) electrons. The Kier molecular flexibility index (Phi) is 8.44. The van der Waals surface area contributed by atoms with E-state index in [1.807, 2.05) is 6.92 Å². The molecule has 0 saturated heterocycles. The summed E-state index contributed by atoms with van der Waals surface area (Å²) >= 11 is 0. The van der Waals surface area contributed by atoms with Gasteiger partial charge in [-0.3, -0.25) is 9.59 Å². The van der Waals surface area contributed by atoms with Crippen LogP contribution >= 0.6 is 0 Å². The van der Waals surface area contributed by atoms with Crippen LogP contribution in [0.25, 0.3) is 0 Å². The van der Waals surface area contributed by atoms with E-state index in [0.717, 1.165) is 0 Å². The molecule has 0 rings (SSSR count). The zero-order valence-electron chi connectivity index (χ0n) is 15.5. The molecule has 0 aromatic heterocycles. The number of carboxylic acid groups (broad SMARTS) is 2. The molecule has 7 heteroatoms. The first-order chi connectivity index (χ1) is 10.3. The first kappa shape index (κ1) is 22.1. The molecule has 23 heavy (non-hydrogen) atoms. The lowest BCUT2D eigenvalue weighted by Crippen LogP contribution is -2.55. The van der Waals surface area contributed by atoms with Crippen LogP contribution in [0, 0.1) is 5.92 Å². The maximum absolute atomic E-state index is 11.6. The molecule has 0 heterocycles. The van der Waals surface area contributed by atoms with Gasteiger partial charge in [-0.1, -0.05) is 27.7 Å². The molecule has 6 nitrogen and oxygen atoms in total. The summed E-state index contributed by atoms with van der Waals surface area (Å²) in [6.45, 7) is 12.5. The molecule has 3 N–H and O–H groups in total. The normalized spacial score (nSPS) is 16.7. The summed E-state index contributed by atoms with van der Waals surface area (Å²) in [4.78, 5) is 22.3. The number of carboxylic acids is 2. The van der Waals surface area contributed by atoms with Gasteiger partial charge in [0, 0.05) is 6.42 Å². The molecule has 0 aromatic carbocycles. The van der Waals surface area contributed by atoms with E-state index >= 15 is 0 Å². The van der Waals surface area contributed by atoms with Crippen LogP contribution in [0.15, 0.2) is 0 Å². The minimum Gasteiger partial charge on any atom is -0.481 e. The standard InChI is InChI=1S/C16H33NO5Si/c1-11(9-8-10-12(18)19)14(13(17-5)15(20)21)22-23(6,7)16(2,3)4/h11,13-14,17H,8-10H2,1-7H3,(H,18,19)(H,20,21)/t11-,13+,14-/m1/s1. The molecule has 0 fully saturated rings. The molecular weight excluding hydrogens is 314 g/mol. The molecule has 0 aliphatic rings. The van der Waals surface area contributed by atoms with E-state index in [1.54, 1.807) is 7.05 Å². The van der Waals surface area contributed by atoms with Gasteiger partial charge in [0.05, 0.1) is 6.10 Å². The smallest absolute Gasteiger partial charge is 0.323 e. The van der Waals surface area contributed by atoms with Gasteiger partial charge < -0.3 is 20.0 Å². The van der Waals surface area contributed by atoms with Crippen molar-refractivity contribution in [1.82, 2.24) is 5.32 Å². The Morgan fingerprint density at radius 2 is 1.74 bits per heavy atom. The lowest BCUT2D eigenvalue weighted by molar-refractivity contribution is -0.143. The van der Waals surface area contributed by atoms with E-state index in [9.17, 15) is 14.7 Å². The average Bonchev–Trinajstić information content (AvgIpc) is 2.35. The van der Waals surface area contributed by atoms with E-state index in [1.165, 1.54) is 0 Å².